The number of thiocarbonyl (C=S) groups is 1. The van der Waals surface area contributed by atoms with Gasteiger partial charge in [-0.3, -0.25) is 25.8 Å². The highest BCUT2D eigenvalue weighted by atomic mass is 32.1. The molecule has 166 valence electrons. The minimum absolute atomic E-state index is 0.0587. The van der Waals surface area contributed by atoms with Crippen LogP contribution in [0, 0.1) is 0 Å². The third-order valence-corrected chi connectivity index (χ3v) is 5.40. The maximum Gasteiger partial charge on any atom is 0.305 e. The normalized spacial score (nSPS) is 10.7. The van der Waals surface area contributed by atoms with Crippen molar-refractivity contribution >= 4 is 51.0 Å². The van der Waals surface area contributed by atoms with Crippen molar-refractivity contribution in [1.82, 2.24) is 21.2 Å². The van der Waals surface area contributed by atoms with Crippen LogP contribution < -0.4 is 16.2 Å². The fourth-order valence-electron chi connectivity index (χ4n) is 3.59. The number of hydrogen-bond donors (Lipinski definition) is 3. The van der Waals surface area contributed by atoms with Gasteiger partial charge in [-0.2, -0.15) is 0 Å². The van der Waals surface area contributed by atoms with Gasteiger partial charge in [0, 0.05) is 16.3 Å². The van der Waals surface area contributed by atoms with Gasteiger partial charge in [0.1, 0.15) is 5.58 Å². The van der Waals surface area contributed by atoms with Gasteiger partial charge in [-0.1, -0.05) is 66.7 Å². The number of rotatable bonds is 3. The molecule has 0 saturated carbocycles. The largest absolute Gasteiger partial charge is 0.451 e. The number of para-hydroxylation sites is 2. The summed E-state index contributed by atoms with van der Waals surface area (Å²) in [4.78, 5) is 30.2. The molecule has 0 bridgehead atoms. The summed E-state index contributed by atoms with van der Waals surface area (Å²) < 4.78 is 5.53. The number of nitrogens with zero attached hydrogens (tertiary/aromatic N) is 1. The maximum atomic E-state index is 13.1. The third kappa shape index (κ3) is 4.35. The van der Waals surface area contributed by atoms with Crippen LogP contribution in [0.5, 0.6) is 0 Å². The standard InChI is InChI=1S/C26H18N4O3S/c31-24(28-26(34)30-29-25(32)23-14-17-10-4-7-13-22(17)33-23)19-15-21(16-8-2-1-3-9-16)27-20-12-6-5-11-18(19)20/h1-15H,(H,29,32)(H2,28,30,31,34). The molecule has 3 N–H and O–H groups in total. The van der Waals surface area contributed by atoms with Gasteiger partial charge in [-0.25, -0.2) is 4.98 Å². The number of hydrazine groups is 1. The van der Waals surface area contributed by atoms with E-state index in [9.17, 15) is 9.59 Å². The number of aromatic nitrogens is 1. The lowest BCUT2D eigenvalue weighted by Crippen LogP contribution is -2.48. The zero-order chi connectivity index (χ0) is 23.5. The molecule has 0 unspecified atom stereocenters. The smallest absolute Gasteiger partial charge is 0.305 e. The molecule has 0 saturated heterocycles. The highest BCUT2D eigenvalue weighted by Gasteiger charge is 2.16. The Hall–Kier alpha value is -4.56. The summed E-state index contributed by atoms with van der Waals surface area (Å²) in [6, 6.07) is 27.6. The van der Waals surface area contributed by atoms with Crippen molar-refractivity contribution in [3.63, 3.8) is 0 Å². The van der Waals surface area contributed by atoms with E-state index in [0.717, 1.165) is 10.9 Å². The van der Waals surface area contributed by atoms with Gasteiger partial charge < -0.3 is 4.42 Å². The fraction of sp³-hybridized carbons (Fsp3) is 0. The lowest BCUT2D eigenvalue weighted by molar-refractivity contribution is 0.0912. The lowest BCUT2D eigenvalue weighted by Gasteiger charge is -2.12. The molecule has 2 amide bonds. The Morgan fingerprint density at radius 2 is 1.53 bits per heavy atom. The van der Waals surface area contributed by atoms with Gasteiger partial charge in [0.25, 0.3) is 5.91 Å². The Bertz CT molecular complexity index is 1510. The van der Waals surface area contributed by atoms with Gasteiger partial charge in [-0.05, 0) is 36.5 Å². The van der Waals surface area contributed by atoms with Crippen LogP contribution in [0.3, 0.4) is 0 Å². The van der Waals surface area contributed by atoms with Gasteiger partial charge >= 0.3 is 5.91 Å². The Kier molecular flexibility index (Phi) is 5.72. The average molecular weight is 467 g/mol. The SMILES string of the molecule is O=C(NNC(=S)NC(=O)c1cc(-c2ccccc2)nc2ccccc12)c1cc2ccccc2o1. The molecule has 0 spiro atoms. The fourth-order valence-corrected chi connectivity index (χ4v) is 3.73. The second-order valence-corrected chi connectivity index (χ2v) is 7.86. The molecule has 0 atom stereocenters. The molecule has 34 heavy (non-hydrogen) atoms. The molecule has 0 radical (unpaired) electrons. The van der Waals surface area contributed by atoms with Crippen molar-refractivity contribution in [3.05, 3.63) is 102 Å². The minimum atomic E-state index is -0.520. The van der Waals surface area contributed by atoms with Crippen LogP contribution >= 0.6 is 12.2 Å². The summed E-state index contributed by atoms with van der Waals surface area (Å²) in [6.07, 6.45) is 0. The first kappa shape index (κ1) is 21.3. The number of pyridine rings is 1. The van der Waals surface area contributed by atoms with Crippen LogP contribution in [0.4, 0.5) is 0 Å². The molecule has 0 aliphatic rings. The van der Waals surface area contributed by atoms with Gasteiger partial charge in [0.15, 0.2) is 10.9 Å². The van der Waals surface area contributed by atoms with E-state index in [1.165, 1.54) is 0 Å². The summed E-state index contributed by atoms with van der Waals surface area (Å²) in [5, 5.41) is 4.05. The van der Waals surface area contributed by atoms with Crippen molar-refractivity contribution in [2.24, 2.45) is 0 Å². The van der Waals surface area contributed by atoms with Crippen LogP contribution in [-0.4, -0.2) is 21.9 Å². The van der Waals surface area contributed by atoms with Crippen LogP contribution in [0.2, 0.25) is 0 Å². The summed E-state index contributed by atoms with van der Waals surface area (Å²) in [5.41, 5.74) is 8.24. The predicted octanol–water partition coefficient (Wildman–Crippen LogP) is 4.60. The van der Waals surface area contributed by atoms with Crippen molar-refractivity contribution in [2.45, 2.75) is 0 Å². The Balaban J connectivity index is 1.32. The Morgan fingerprint density at radius 1 is 0.794 bits per heavy atom. The van der Waals surface area contributed by atoms with E-state index in [1.807, 2.05) is 72.8 Å². The number of furan rings is 1. The Morgan fingerprint density at radius 3 is 2.35 bits per heavy atom. The molecular weight excluding hydrogens is 448 g/mol. The summed E-state index contributed by atoms with van der Waals surface area (Å²) in [7, 11) is 0. The molecule has 7 nitrogen and oxygen atoms in total. The van der Waals surface area contributed by atoms with E-state index >= 15 is 0 Å². The molecule has 2 aromatic heterocycles. The molecule has 0 fully saturated rings. The van der Waals surface area contributed by atoms with Crippen LogP contribution in [-0.2, 0) is 0 Å². The molecular formula is C26H18N4O3S. The van der Waals surface area contributed by atoms with Crippen molar-refractivity contribution in [2.75, 3.05) is 0 Å². The first-order valence-corrected chi connectivity index (χ1v) is 10.8. The first-order chi connectivity index (χ1) is 16.6. The number of amides is 2. The first-order valence-electron chi connectivity index (χ1n) is 10.4. The van der Waals surface area contributed by atoms with Gasteiger partial charge in [0.05, 0.1) is 16.8 Å². The monoisotopic (exact) mass is 466 g/mol. The Labute approximate surface area is 199 Å². The predicted molar refractivity (Wildman–Crippen MR) is 134 cm³/mol. The highest BCUT2D eigenvalue weighted by molar-refractivity contribution is 7.80. The van der Waals surface area contributed by atoms with Gasteiger partial charge in [-0.15, -0.1) is 0 Å². The van der Waals surface area contributed by atoms with Crippen molar-refractivity contribution in [3.8, 4) is 11.3 Å². The minimum Gasteiger partial charge on any atom is -0.451 e. The second-order valence-electron chi connectivity index (χ2n) is 7.45. The third-order valence-electron chi connectivity index (χ3n) is 5.20. The number of fused-ring (bicyclic) bond motifs is 2. The molecule has 5 rings (SSSR count). The summed E-state index contributed by atoms with van der Waals surface area (Å²) in [5.74, 6) is -0.824. The quantitative estimate of drug-likeness (QED) is 0.266. The zero-order valence-corrected chi connectivity index (χ0v) is 18.6. The molecule has 5 aromatic rings. The highest BCUT2D eigenvalue weighted by Crippen LogP contribution is 2.24. The van der Waals surface area contributed by atoms with E-state index < -0.39 is 11.8 Å². The molecule has 8 heteroatoms. The maximum absolute atomic E-state index is 13.1. The van der Waals surface area contributed by atoms with E-state index in [1.54, 1.807) is 18.2 Å². The molecule has 3 aromatic carbocycles. The molecule has 0 aliphatic carbocycles. The molecule has 2 heterocycles. The van der Waals surface area contributed by atoms with Crippen molar-refractivity contribution < 1.29 is 14.0 Å². The number of benzene rings is 3. The number of hydrogen-bond acceptors (Lipinski definition) is 5. The van der Waals surface area contributed by atoms with E-state index in [2.05, 4.69) is 21.2 Å². The number of carbonyl (C=O) groups excluding carboxylic acids is 2. The average Bonchev–Trinajstić information content (AvgIpc) is 3.31. The van der Waals surface area contributed by atoms with Crippen molar-refractivity contribution in [1.29, 1.82) is 0 Å². The lowest BCUT2D eigenvalue weighted by atomic mass is 10.0. The van der Waals surface area contributed by atoms with Gasteiger partial charge in [0.2, 0.25) is 0 Å². The summed E-state index contributed by atoms with van der Waals surface area (Å²) >= 11 is 5.21. The second kappa shape index (κ2) is 9.13. The number of nitrogens with one attached hydrogen (secondary N) is 3. The van der Waals surface area contributed by atoms with Crippen LogP contribution in [0.25, 0.3) is 33.1 Å². The van der Waals surface area contributed by atoms with Crippen LogP contribution in [0.1, 0.15) is 20.9 Å². The van der Waals surface area contributed by atoms with E-state index in [-0.39, 0.29) is 10.9 Å². The van der Waals surface area contributed by atoms with E-state index in [4.69, 9.17) is 16.6 Å². The summed E-state index contributed by atoms with van der Waals surface area (Å²) in [6.45, 7) is 0. The topological polar surface area (TPSA) is 96.3 Å². The van der Waals surface area contributed by atoms with Crippen LogP contribution in [0.15, 0.2) is 95.4 Å². The zero-order valence-electron chi connectivity index (χ0n) is 17.7. The number of carbonyl (C=O) groups is 2. The van der Waals surface area contributed by atoms with E-state index in [0.29, 0.717) is 27.7 Å². The molecule has 0 aliphatic heterocycles.